The Hall–Kier alpha value is -2.61. The number of benzene rings is 2. The van der Waals surface area contributed by atoms with Gasteiger partial charge in [0, 0.05) is 26.6 Å². The van der Waals surface area contributed by atoms with Crippen molar-refractivity contribution in [3.63, 3.8) is 0 Å². The number of aromatic nitrogens is 1. The zero-order valence-corrected chi connectivity index (χ0v) is 11.6. The molecule has 4 rings (SSSR count). The average Bonchev–Trinajstić information content (AvgIpc) is 2.94. The number of rotatable bonds is 1. The van der Waals surface area contributed by atoms with Crippen LogP contribution in [0.5, 0.6) is 0 Å². The van der Waals surface area contributed by atoms with Crippen LogP contribution in [0.1, 0.15) is 15.2 Å². The molecule has 4 aromatic rings. The molecule has 2 heterocycles. The standard InChI is InChI=1S/C19H15NO/c1-12-9-10-17(20-11-12)16-8-4-7-15-14-6-3-5-13(2)18(14)21-19(15)16/h3-11H,1-2H3/i1D3. The third-order valence-electron chi connectivity index (χ3n) is 3.76. The second-order valence-electron chi connectivity index (χ2n) is 5.17. The molecule has 0 aliphatic heterocycles. The fourth-order valence-corrected chi connectivity index (χ4v) is 2.72. The van der Waals surface area contributed by atoms with Crippen LogP contribution in [-0.4, -0.2) is 4.98 Å². The van der Waals surface area contributed by atoms with Crippen molar-refractivity contribution in [3.8, 4) is 11.3 Å². The number of hydrogen-bond acceptors (Lipinski definition) is 2. The summed E-state index contributed by atoms with van der Waals surface area (Å²) < 4.78 is 28.5. The van der Waals surface area contributed by atoms with Crippen LogP contribution in [0.15, 0.2) is 59.1 Å². The maximum Gasteiger partial charge on any atom is 0.144 e. The Morgan fingerprint density at radius 3 is 2.52 bits per heavy atom. The van der Waals surface area contributed by atoms with Gasteiger partial charge in [-0.25, -0.2) is 0 Å². The Balaban J connectivity index is 1.94. The van der Waals surface area contributed by atoms with Crippen molar-refractivity contribution in [1.29, 1.82) is 0 Å². The summed E-state index contributed by atoms with van der Waals surface area (Å²) in [5.41, 5.74) is 4.53. The second-order valence-corrected chi connectivity index (χ2v) is 5.17. The smallest absolute Gasteiger partial charge is 0.144 e. The largest absolute Gasteiger partial charge is 0.455 e. The van der Waals surface area contributed by atoms with Crippen LogP contribution in [0.4, 0.5) is 0 Å². The van der Waals surface area contributed by atoms with Gasteiger partial charge in [-0.2, -0.15) is 0 Å². The summed E-state index contributed by atoms with van der Waals surface area (Å²) in [6.45, 7) is -0.123. The van der Waals surface area contributed by atoms with Crippen LogP contribution in [-0.2, 0) is 0 Å². The Morgan fingerprint density at radius 1 is 0.952 bits per heavy atom. The summed E-state index contributed by atoms with van der Waals surface area (Å²) in [7, 11) is 0. The van der Waals surface area contributed by atoms with E-state index in [4.69, 9.17) is 8.53 Å². The summed E-state index contributed by atoms with van der Waals surface area (Å²) in [5, 5.41) is 2.11. The molecule has 0 saturated heterocycles. The minimum atomic E-state index is -2.14. The van der Waals surface area contributed by atoms with Crippen molar-refractivity contribution in [2.24, 2.45) is 0 Å². The molecule has 0 unspecified atom stereocenters. The summed E-state index contributed by atoms with van der Waals surface area (Å²) in [6.07, 6.45) is 1.41. The van der Waals surface area contributed by atoms with Crippen LogP contribution >= 0.6 is 0 Å². The van der Waals surface area contributed by atoms with E-state index in [1.165, 1.54) is 6.20 Å². The number of nitrogens with zero attached hydrogens (tertiary/aromatic N) is 1. The topological polar surface area (TPSA) is 26.0 Å². The van der Waals surface area contributed by atoms with Crippen molar-refractivity contribution < 1.29 is 8.53 Å². The van der Waals surface area contributed by atoms with Gasteiger partial charge in [0.25, 0.3) is 0 Å². The molecule has 0 fully saturated rings. The van der Waals surface area contributed by atoms with Gasteiger partial charge in [-0.15, -0.1) is 0 Å². The van der Waals surface area contributed by atoms with Gasteiger partial charge in [-0.05, 0) is 37.0 Å². The van der Waals surface area contributed by atoms with Crippen LogP contribution in [0.25, 0.3) is 33.2 Å². The predicted molar refractivity (Wildman–Crippen MR) is 86.4 cm³/mol. The van der Waals surface area contributed by atoms with Gasteiger partial charge in [0.05, 0.1) is 5.69 Å². The van der Waals surface area contributed by atoms with E-state index >= 15 is 0 Å². The number of para-hydroxylation sites is 2. The molecule has 0 atom stereocenters. The lowest BCUT2D eigenvalue weighted by Crippen LogP contribution is -1.84. The predicted octanol–water partition coefficient (Wildman–Crippen LogP) is 5.26. The molecule has 0 spiro atoms. The number of fused-ring (bicyclic) bond motifs is 3. The first-order chi connectivity index (χ1) is 11.4. The lowest BCUT2D eigenvalue weighted by atomic mass is 10.1. The normalized spacial score (nSPS) is 14.0. The maximum atomic E-state index is 7.45. The number of hydrogen-bond donors (Lipinski definition) is 0. The van der Waals surface area contributed by atoms with Gasteiger partial charge in [-0.3, -0.25) is 4.98 Å². The van der Waals surface area contributed by atoms with E-state index in [1.807, 2.05) is 43.3 Å². The molecule has 0 bridgehead atoms. The highest BCUT2D eigenvalue weighted by molar-refractivity contribution is 6.09. The fraction of sp³-hybridized carbons (Fsp3) is 0.105. The summed E-state index contributed by atoms with van der Waals surface area (Å²) in [6, 6.07) is 15.4. The van der Waals surface area contributed by atoms with Crippen LogP contribution in [0.2, 0.25) is 0 Å². The maximum absolute atomic E-state index is 7.45. The first kappa shape index (κ1) is 9.35. The van der Waals surface area contributed by atoms with E-state index in [1.54, 1.807) is 12.1 Å². The monoisotopic (exact) mass is 276 g/mol. The Morgan fingerprint density at radius 2 is 1.76 bits per heavy atom. The molecule has 102 valence electrons. The molecule has 0 amide bonds. The molecule has 0 radical (unpaired) electrons. The lowest BCUT2D eigenvalue weighted by Gasteiger charge is -2.02. The Labute approximate surface area is 127 Å². The molecule has 21 heavy (non-hydrogen) atoms. The van der Waals surface area contributed by atoms with Gasteiger partial charge < -0.3 is 4.42 Å². The van der Waals surface area contributed by atoms with Crippen molar-refractivity contribution in [2.75, 3.05) is 0 Å². The average molecular weight is 276 g/mol. The van der Waals surface area contributed by atoms with E-state index in [9.17, 15) is 0 Å². The summed E-state index contributed by atoms with van der Waals surface area (Å²) in [5.74, 6) is 0. The van der Waals surface area contributed by atoms with E-state index in [0.717, 1.165) is 33.1 Å². The van der Waals surface area contributed by atoms with E-state index in [0.29, 0.717) is 5.69 Å². The molecular weight excluding hydrogens is 258 g/mol. The highest BCUT2D eigenvalue weighted by atomic mass is 16.3. The number of pyridine rings is 1. The second kappa shape index (κ2) is 4.45. The number of aryl methyl sites for hydroxylation is 2. The summed E-state index contributed by atoms with van der Waals surface area (Å²) >= 11 is 0. The SMILES string of the molecule is [2H]C([2H])([2H])c1ccc(-c2cccc3c2oc2c(C)cccc23)nc1. The van der Waals surface area contributed by atoms with E-state index < -0.39 is 6.85 Å². The fourth-order valence-electron chi connectivity index (χ4n) is 2.72. The lowest BCUT2D eigenvalue weighted by molar-refractivity contribution is 0.666. The van der Waals surface area contributed by atoms with Crippen LogP contribution < -0.4 is 0 Å². The van der Waals surface area contributed by atoms with Crippen LogP contribution in [0.3, 0.4) is 0 Å². The molecule has 0 aliphatic carbocycles. The van der Waals surface area contributed by atoms with Gasteiger partial charge in [0.15, 0.2) is 0 Å². The molecule has 2 nitrogen and oxygen atoms in total. The zero-order valence-electron chi connectivity index (χ0n) is 14.6. The van der Waals surface area contributed by atoms with Gasteiger partial charge in [0.1, 0.15) is 11.2 Å². The Kier molecular flexibility index (Phi) is 1.98. The zero-order chi connectivity index (χ0) is 16.9. The highest BCUT2D eigenvalue weighted by Gasteiger charge is 2.13. The van der Waals surface area contributed by atoms with Gasteiger partial charge in [-0.1, -0.05) is 36.4 Å². The molecule has 2 aromatic heterocycles. The quantitative estimate of drug-likeness (QED) is 0.473. The minimum Gasteiger partial charge on any atom is -0.455 e. The molecule has 0 aliphatic rings. The third-order valence-corrected chi connectivity index (χ3v) is 3.76. The minimum absolute atomic E-state index is 0.235. The molecular formula is C19H15NO. The molecule has 2 heteroatoms. The first-order valence-electron chi connectivity index (χ1n) is 8.33. The molecule has 2 aromatic carbocycles. The highest BCUT2D eigenvalue weighted by Crippen LogP contribution is 2.36. The van der Waals surface area contributed by atoms with Gasteiger partial charge in [0.2, 0.25) is 0 Å². The van der Waals surface area contributed by atoms with Crippen molar-refractivity contribution >= 4 is 21.9 Å². The Bertz CT molecular complexity index is 1050. The van der Waals surface area contributed by atoms with Crippen molar-refractivity contribution in [3.05, 3.63) is 65.9 Å². The first-order valence-corrected chi connectivity index (χ1v) is 6.83. The molecule has 0 N–H and O–H groups in total. The van der Waals surface area contributed by atoms with E-state index in [-0.39, 0.29) is 5.56 Å². The third kappa shape index (κ3) is 1.83. The van der Waals surface area contributed by atoms with Crippen molar-refractivity contribution in [2.45, 2.75) is 13.8 Å². The number of furan rings is 1. The summed E-state index contributed by atoms with van der Waals surface area (Å²) in [4.78, 5) is 4.34. The molecule has 0 saturated carbocycles. The van der Waals surface area contributed by atoms with Crippen LogP contribution in [0, 0.1) is 13.8 Å². The van der Waals surface area contributed by atoms with Gasteiger partial charge >= 0.3 is 0 Å². The van der Waals surface area contributed by atoms with E-state index in [2.05, 4.69) is 4.98 Å². The van der Waals surface area contributed by atoms with Crippen molar-refractivity contribution in [1.82, 2.24) is 4.98 Å².